The van der Waals surface area contributed by atoms with E-state index in [0.29, 0.717) is 11.4 Å². The highest BCUT2D eigenvalue weighted by molar-refractivity contribution is 7.89. The normalized spacial score (nSPS) is 20.6. The van der Waals surface area contributed by atoms with Crippen LogP contribution in [0, 0.1) is 10.8 Å². The van der Waals surface area contributed by atoms with E-state index >= 15 is 0 Å². The highest BCUT2D eigenvalue weighted by Gasteiger charge is 2.66. The zero-order valence-electron chi connectivity index (χ0n) is 13.6. The third-order valence-corrected chi connectivity index (χ3v) is 6.46. The van der Waals surface area contributed by atoms with Crippen LogP contribution < -0.4 is 10.0 Å². The first-order chi connectivity index (χ1) is 9.63. The Bertz CT molecular complexity index is 588. The van der Waals surface area contributed by atoms with Crippen LogP contribution >= 0.6 is 0 Å². The van der Waals surface area contributed by atoms with Crippen molar-refractivity contribution in [3.63, 3.8) is 0 Å². The van der Waals surface area contributed by atoms with Crippen molar-refractivity contribution in [1.29, 1.82) is 0 Å². The van der Waals surface area contributed by atoms with Gasteiger partial charge in [-0.1, -0.05) is 34.6 Å². The van der Waals surface area contributed by atoms with Gasteiger partial charge in [0.25, 0.3) is 0 Å². The molecule has 0 saturated heterocycles. The van der Waals surface area contributed by atoms with Crippen molar-refractivity contribution in [1.82, 2.24) is 15.0 Å². The molecule has 1 aliphatic rings. The third kappa shape index (κ3) is 3.03. The summed E-state index contributed by atoms with van der Waals surface area (Å²) in [5.41, 5.74) is 0.863. The number of H-pyrrole nitrogens is 1. The van der Waals surface area contributed by atoms with E-state index in [1.54, 1.807) is 12.3 Å². The molecule has 1 aromatic heterocycles. The third-order valence-electron chi connectivity index (χ3n) is 5.06. The van der Waals surface area contributed by atoms with Crippen molar-refractivity contribution in [2.45, 2.75) is 58.5 Å². The Labute approximate surface area is 128 Å². The molecule has 1 aliphatic carbocycles. The van der Waals surface area contributed by atoms with Crippen LogP contribution in [0.25, 0.3) is 0 Å². The lowest BCUT2D eigenvalue weighted by Gasteiger charge is -2.06. The lowest BCUT2D eigenvalue weighted by atomic mass is 10.0. The molecule has 5 nitrogen and oxygen atoms in total. The zero-order valence-corrected chi connectivity index (χ0v) is 14.4. The molecule has 1 heterocycles. The molecular weight excluding hydrogens is 286 g/mol. The van der Waals surface area contributed by atoms with E-state index in [1.807, 2.05) is 0 Å². The molecule has 0 aliphatic heterocycles. The molecule has 1 aromatic rings. The first-order valence-electron chi connectivity index (χ1n) is 7.53. The van der Waals surface area contributed by atoms with E-state index in [9.17, 15) is 8.42 Å². The van der Waals surface area contributed by atoms with E-state index in [4.69, 9.17) is 0 Å². The highest BCUT2D eigenvalue weighted by atomic mass is 32.2. The lowest BCUT2D eigenvalue weighted by molar-refractivity contribution is 0.457. The number of nitrogens with one attached hydrogen (secondary N) is 3. The number of sulfonamides is 1. The fourth-order valence-electron chi connectivity index (χ4n) is 2.79. The van der Waals surface area contributed by atoms with Gasteiger partial charge in [0.05, 0.1) is 4.90 Å². The Morgan fingerprint density at radius 1 is 1.24 bits per heavy atom. The van der Waals surface area contributed by atoms with Crippen LogP contribution in [0.4, 0.5) is 0 Å². The Morgan fingerprint density at radius 2 is 1.86 bits per heavy atom. The minimum atomic E-state index is -3.46. The summed E-state index contributed by atoms with van der Waals surface area (Å²) in [4.78, 5) is 3.34. The van der Waals surface area contributed by atoms with Crippen molar-refractivity contribution in [3.05, 3.63) is 18.0 Å². The van der Waals surface area contributed by atoms with Crippen LogP contribution in [0.15, 0.2) is 17.2 Å². The summed E-state index contributed by atoms with van der Waals surface area (Å²) in [5, 5.41) is 3.25. The largest absolute Gasteiger partial charge is 0.363 e. The van der Waals surface area contributed by atoms with Gasteiger partial charge in [-0.3, -0.25) is 0 Å². The standard InChI is InChI=1S/C15H27N3O2S/c1-6-7-16-9-11-8-12(10-17-11)21(19,20)18-13-14(2,3)15(13,4)5/h8,10,13,16-18H,6-7,9H2,1-5H3. The maximum absolute atomic E-state index is 12.4. The van der Waals surface area contributed by atoms with E-state index < -0.39 is 10.0 Å². The first kappa shape index (κ1) is 16.5. The van der Waals surface area contributed by atoms with Crippen LogP contribution in [0.5, 0.6) is 0 Å². The van der Waals surface area contributed by atoms with Gasteiger partial charge in [0.1, 0.15) is 0 Å². The van der Waals surface area contributed by atoms with E-state index in [2.05, 4.69) is 49.6 Å². The van der Waals surface area contributed by atoms with Gasteiger partial charge < -0.3 is 10.3 Å². The van der Waals surface area contributed by atoms with Crippen LogP contribution in [0.3, 0.4) is 0 Å². The number of aromatic nitrogens is 1. The molecule has 0 unspecified atom stereocenters. The molecule has 0 amide bonds. The molecule has 1 fully saturated rings. The molecule has 0 aromatic carbocycles. The van der Waals surface area contributed by atoms with Crippen molar-refractivity contribution < 1.29 is 8.42 Å². The summed E-state index contributed by atoms with van der Waals surface area (Å²) in [6.07, 6.45) is 2.62. The van der Waals surface area contributed by atoms with Gasteiger partial charge in [-0.25, -0.2) is 13.1 Å². The minimum Gasteiger partial charge on any atom is -0.363 e. The Hall–Kier alpha value is -0.850. The van der Waals surface area contributed by atoms with Crippen molar-refractivity contribution in [2.75, 3.05) is 6.54 Å². The highest BCUT2D eigenvalue weighted by Crippen LogP contribution is 2.62. The fourth-order valence-corrected chi connectivity index (χ4v) is 4.34. The van der Waals surface area contributed by atoms with E-state index in [1.165, 1.54) is 0 Å². The molecule has 0 radical (unpaired) electrons. The Kier molecular flexibility index (Phi) is 4.26. The predicted molar refractivity (Wildman–Crippen MR) is 84.5 cm³/mol. The van der Waals surface area contributed by atoms with Crippen molar-refractivity contribution in [3.8, 4) is 0 Å². The Morgan fingerprint density at radius 3 is 2.38 bits per heavy atom. The Balaban J connectivity index is 2.04. The van der Waals surface area contributed by atoms with Gasteiger partial charge in [0, 0.05) is 24.5 Å². The van der Waals surface area contributed by atoms with Crippen LogP contribution in [0.1, 0.15) is 46.7 Å². The van der Waals surface area contributed by atoms with E-state index in [0.717, 1.165) is 18.7 Å². The number of hydrogen-bond acceptors (Lipinski definition) is 3. The average Bonchev–Trinajstić information content (AvgIpc) is 2.78. The summed E-state index contributed by atoms with van der Waals surface area (Å²) >= 11 is 0. The molecule has 0 atom stereocenters. The minimum absolute atomic E-state index is 0.0120. The van der Waals surface area contributed by atoms with E-state index in [-0.39, 0.29) is 16.9 Å². The number of aromatic amines is 1. The summed E-state index contributed by atoms with van der Waals surface area (Å²) in [6, 6.07) is 1.68. The molecule has 6 heteroatoms. The molecule has 0 spiro atoms. The fraction of sp³-hybridized carbons (Fsp3) is 0.733. The quantitative estimate of drug-likeness (QED) is 0.676. The predicted octanol–water partition coefficient (Wildman–Crippen LogP) is 2.23. The molecular formula is C15H27N3O2S. The number of rotatable bonds is 7. The molecule has 2 rings (SSSR count). The first-order valence-corrected chi connectivity index (χ1v) is 9.01. The SMILES string of the molecule is CCCNCc1cc(S(=O)(=O)NC2C(C)(C)C2(C)C)c[nH]1. The van der Waals surface area contributed by atoms with Crippen molar-refractivity contribution >= 4 is 10.0 Å². The molecule has 21 heavy (non-hydrogen) atoms. The number of hydrogen-bond donors (Lipinski definition) is 3. The smallest absolute Gasteiger partial charge is 0.242 e. The van der Waals surface area contributed by atoms with Crippen LogP contribution in [0.2, 0.25) is 0 Å². The van der Waals surface area contributed by atoms with Gasteiger partial charge in [-0.2, -0.15) is 0 Å². The van der Waals surface area contributed by atoms with Gasteiger partial charge in [0.2, 0.25) is 10.0 Å². The zero-order chi connectivity index (χ0) is 15.9. The van der Waals surface area contributed by atoms with Crippen molar-refractivity contribution in [2.24, 2.45) is 10.8 Å². The summed E-state index contributed by atoms with van der Waals surface area (Å²) in [7, 11) is -3.46. The van der Waals surface area contributed by atoms with Crippen LogP contribution in [-0.2, 0) is 16.6 Å². The average molecular weight is 313 g/mol. The molecule has 3 N–H and O–H groups in total. The summed E-state index contributed by atoms with van der Waals surface area (Å²) in [6.45, 7) is 12.1. The van der Waals surface area contributed by atoms with Gasteiger partial charge in [-0.15, -0.1) is 0 Å². The topological polar surface area (TPSA) is 74.0 Å². The van der Waals surface area contributed by atoms with Crippen LogP contribution in [-0.4, -0.2) is 26.0 Å². The maximum Gasteiger partial charge on any atom is 0.242 e. The second-order valence-corrected chi connectivity index (χ2v) is 8.75. The summed E-state index contributed by atoms with van der Waals surface area (Å²) in [5.74, 6) is 0. The maximum atomic E-state index is 12.4. The van der Waals surface area contributed by atoms with Gasteiger partial charge in [-0.05, 0) is 29.9 Å². The van der Waals surface area contributed by atoms with Gasteiger partial charge in [0.15, 0.2) is 0 Å². The second-order valence-electron chi connectivity index (χ2n) is 7.04. The second kappa shape index (κ2) is 5.41. The lowest BCUT2D eigenvalue weighted by Crippen LogP contribution is -2.29. The molecule has 1 saturated carbocycles. The molecule has 120 valence electrons. The van der Waals surface area contributed by atoms with Gasteiger partial charge >= 0.3 is 0 Å². The monoisotopic (exact) mass is 313 g/mol. The molecule has 0 bridgehead atoms. The summed E-state index contributed by atoms with van der Waals surface area (Å²) < 4.78 is 27.7.